The topological polar surface area (TPSA) is 102 Å². The van der Waals surface area contributed by atoms with Crippen molar-refractivity contribution in [1.82, 2.24) is 15.5 Å². The first-order valence-electron chi connectivity index (χ1n) is 7.86. The summed E-state index contributed by atoms with van der Waals surface area (Å²) in [6.07, 6.45) is 0.869. The Morgan fingerprint density at radius 1 is 1.28 bits per heavy atom. The standard InChI is InChI=1S/C16H20FN3O4S/c1-11(2)15(21)18-9-5-8-14-19-20-16(24-14)25(22,23)10-12-6-3-4-7-13(12)17/h3-4,6-7,11H,5,8-10H2,1-2H3,(H,18,21). The lowest BCUT2D eigenvalue weighted by Crippen LogP contribution is -2.28. The van der Waals surface area contributed by atoms with Crippen molar-refractivity contribution >= 4 is 15.7 Å². The largest absolute Gasteiger partial charge is 0.413 e. The molecule has 2 aromatic rings. The molecule has 0 radical (unpaired) electrons. The van der Waals surface area contributed by atoms with Crippen molar-refractivity contribution in [3.8, 4) is 0 Å². The first-order chi connectivity index (χ1) is 11.8. The lowest BCUT2D eigenvalue weighted by atomic mass is 10.2. The van der Waals surface area contributed by atoms with Crippen LogP contribution < -0.4 is 5.32 Å². The molecule has 0 spiro atoms. The Labute approximate surface area is 145 Å². The summed E-state index contributed by atoms with van der Waals surface area (Å²) >= 11 is 0. The molecule has 2 rings (SSSR count). The predicted molar refractivity (Wildman–Crippen MR) is 87.8 cm³/mol. The summed E-state index contributed by atoms with van der Waals surface area (Å²) in [6, 6.07) is 5.62. The van der Waals surface area contributed by atoms with Crippen LogP contribution in [0.1, 0.15) is 31.7 Å². The second-order valence-electron chi connectivity index (χ2n) is 5.86. The molecular formula is C16H20FN3O4S. The van der Waals surface area contributed by atoms with Gasteiger partial charge in [-0.25, -0.2) is 12.8 Å². The van der Waals surface area contributed by atoms with Gasteiger partial charge in [0, 0.05) is 24.4 Å². The van der Waals surface area contributed by atoms with Gasteiger partial charge in [0.25, 0.3) is 0 Å². The maximum absolute atomic E-state index is 13.6. The van der Waals surface area contributed by atoms with Crippen molar-refractivity contribution < 1.29 is 22.0 Å². The van der Waals surface area contributed by atoms with Crippen molar-refractivity contribution in [2.24, 2.45) is 5.92 Å². The average molecular weight is 369 g/mol. The van der Waals surface area contributed by atoms with Gasteiger partial charge in [0.2, 0.25) is 21.6 Å². The van der Waals surface area contributed by atoms with Crippen LogP contribution in [0, 0.1) is 11.7 Å². The molecule has 1 heterocycles. The number of nitrogens with zero attached hydrogens (tertiary/aromatic N) is 2. The van der Waals surface area contributed by atoms with E-state index in [1.54, 1.807) is 19.9 Å². The number of hydrogen-bond donors (Lipinski definition) is 1. The summed E-state index contributed by atoms with van der Waals surface area (Å²) in [4.78, 5) is 11.4. The number of sulfone groups is 1. The van der Waals surface area contributed by atoms with Crippen LogP contribution in [0.15, 0.2) is 33.9 Å². The molecule has 0 saturated heterocycles. The number of aromatic nitrogens is 2. The molecule has 0 unspecified atom stereocenters. The zero-order chi connectivity index (χ0) is 18.4. The Hall–Kier alpha value is -2.29. The third kappa shape index (κ3) is 5.35. The summed E-state index contributed by atoms with van der Waals surface area (Å²) in [5.74, 6) is -1.15. The maximum atomic E-state index is 13.6. The smallest absolute Gasteiger partial charge is 0.335 e. The SMILES string of the molecule is CC(C)C(=O)NCCCc1nnc(S(=O)(=O)Cc2ccccc2F)o1. The fraction of sp³-hybridized carbons (Fsp3) is 0.438. The van der Waals surface area contributed by atoms with Crippen LogP contribution in [0.4, 0.5) is 4.39 Å². The van der Waals surface area contributed by atoms with E-state index in [0.717, 1.165) is 0 Å². The van der Waals surface area contributed by atoms with Crippen molar-refractivity contribution in [2.75, 3.05) is 6.54 Å². The van der Waals surface area contributed by atoms with Gasteiger partial charge in [-0.2, -0.15) is 0 Å². The van der Waals surface area contributed by atoms with E-state index in [9.17, 15) is 17.6 Å². The first-order valence-corrected chi connectivity index (χ1v) is 9.51. The minimum Gasteiger partial charge on any atom is -0.413 e. The third-order valence-corrected chi connectivity index (χ3v) is 4.80. The third-order valence-electron chi connectivity index (χ3n) is 3.41. The number of halogens is 1. The van der Waals surface area contributed by atoms with Crippen LogP contribution in [0.3, 0.4) is 0 Å². The number of carbonyl (C=O) groups is 1. The van der Waals surface area contributed by atoms with Crippen LogP contribution in [0.25, 0.3) is 0 Å². The molecular weight excluding hydrogens is 349 g/mol. The number of amides is 1. The summed E-state index contributed by atoms with van der Waals surface area (Å²) in [5, 5.41) is 9.45. The van der Waals surface area contributed by atoms with Gasteiger partial charge in [-0.05, 0) is 12.5 Å². The molecule has 0 atom stereocenters. The number of rotatable bonds is 8. The van der Waals surface area contributed by atoms with Gasteiger partial charge < -0.3 is 9.73 Å². The number of hydrogen-bond acceptors (Lipinski definition) is 6. The minimum atomic E-state index is -3.92. The molecule has 0 bridgehead atoms. The second kappa shape index (κ2) is 8.19. The molecule has 0 aliphatic rings. The highest BCUT2D eigenvalue weighted by Crippen LogP contribution is 2.17. The Morgan fingerprint density at radius 2 is 2.00 bits per heavy atom. The summed E-state index contributed by atoms with van der Waals surface area (Å²) in [5.41, 5.74) is 0.0404. The number of carbonyl (C=O) groups excluding carboxylic acids is 1. The van der Waals surface area contributed by atoms with E-state index in [1.807, 2.05) is 0 Å². The van der Waals surface area contributed by atoms with Gasteiger partial charge in [0.15, 0.2) is 0 Å². The molecule has 1 N–H and O–H groups in total. The maximum Gasteiger partial charge on any atom is 0.335 e. The predicted octanol–water partition coefficient (Wildman–Crippen LogP) is 1.89. The van der Waals surface area contributed by atoms with Gasteiger partial charge in [0.05, 0.1) is 5.75 Å². The molecule has 136 valence electrons. The van der Waals surface area contributed by atoms with Gasteiger partial charge >= 0.3 is 5.22 Å². The summed E-state index contributed by atoms with van der Waals surface area (Å²) in [7, 11) is -3.92. The zero-order valence-electron chi connectivity index (χ0n) is 14.0. The highest BCUT2D eigenvalue weighted by Gasteiger charge is 2.24. The lowest BCUT2D eigenvalue weighted by Gasteiger charge is -2.05. The van der Waals surface area contributed by atoms with Crippen LogP contribution in [-0.2, 0) is 26.8 Å². The molecule has 0 aliphatic carbocycles. The first kappa shape index (κ1) is 19.0. The van der Waals surface area contributed by atoms with E-state index >= 15 is 0 Å². The van der Waals surface area contributed by atoms with Crippen LogP contribution in [0.2, 0.25) is 0 Å². The Kier molecular flexibility index (Phi) is 6.24. The molecule has 0 fully saturated rings. The van der Waals surface area contributed by atoms with Crippen molar-refractivity contribution in [2.45, 2.75) is 37.7 Å². The normalized spacial score (nSPS) is 11.7. The molecule has 7 nitrogen and oxygen atoms in total. The summed E-state index contributed by atoms with van der Waals surface area (Å²) in [6.45, 7) is 4.01. The highest BCUT2D eigenvalue weighted by molar-refractivity contribution is 7.90. The lowest BCUT2D eigenvalue weighted by molar-refractivity contribution is -0.123. The van der Waals surface area contributed by atoms with Gasteiger partial charge in [-0.15, -0.1) is 5.10 Å². The molecule has 9 heteroatoms. The van der Waals surface area contributed by atoms with E-state index in [2.05, 4.69) is 15.5 Å². The highest BCUT2D eigenvalue weighted by atomic mass is 32.2. The van der Waals surface area contributed by atoms with Crippen LogP contribution >= 0.6 is 0 Å². The molecule has 0 saturated carbocycles. The van der Waals surface area contributed by atoms with Crippen molar-refractivity contribution in [3.05, 3.63) is 41.5 Å². The second-order valence-corrected chi connectivity index (χ2v) is 7.73. The quantitative estimate of drug-likeness (QED) is 0.713. The van der Waals surface area contributed by atoms with Gasteiger partial charge in [-0.3, -0.25) is 4.79 Å². The van der Waals surface area contributed by atoms with Crippen LogP contribution in [0.5, 0.6) is 0 Å². The van der Waals surface area contributed by atoms with Gasteiger partial charge in [-0.1, -0.05) is 37.1 Å². The Balaban J connectivity index is 1.93. The molecule has 1 aromatic carbocycles. The van der Waals surface area contributed by atoms with Crippen molar-refractivity contribution in [3.63, 3.8) is 0 Å². The monoisotopic (exact) mass is 369 g/mol. The fourth-order valence-corrected chi connectivity index (χ4v) is 3.16. The fourth-order valence-electron chi connectivity index (χ4n) is 2.00. The van der Waals surface area contributed by atoms with E-state index in [1.165, 1.54) is 18.2 Å². The molecule has 1 amide bonds. The molecule has 1 aromatic heterocycles. The molecule has 25 heavy (non-hydrogen) atoms. The Morgan fingerprint density at radius 3 is 2.68 bits per heavy atom. The number of nitrogens with one attached hydrogen (secondary N) is 1. The average Bonchev–Trinajstić information content (AvgIpc) is 3.03. The Bertz CT molecular complexity index is 833. The number of benzene rings is 1. The van der Waals surface area contributed by atoms with E-state index in [0.29, 0.717) is 19.4 Å². The van der Waals surface area contributed by atoms with Gasteiger partial charge in [0.1, 0.15) is 5.82 Å². The summed E-state index contributed by atoms with van der Waals surface area (Å²) < 4.78 is 43.3. The van der Waals surface area contributed by atoms with Crippen molar-refractivity contribution in [1.29, 1.82) is 0 Å². The van der Waals surface area contributed by atoms with E-state index < -0.39 is 26.6 Å². The molecule has 0 aliphatic heterocycles. The van der Waals surface area contributed by atoms with Crippen LogP contribution in [-0.4, -0.2) is 31.1 Å². The minimum absolute atomic E-state index is 0.0404. The number of aryl methyl sites for hydroxylation is 1. The van der Waals surface area contributed by atoms with E-state index in [4.69, 9.17) is 4.42 Å². The zero-order valence-corrected chi connectivity index (χ0v) is 14.8. The van der Waals surface area contributed by atoms with E-state index in [-0.39, 0.29) is 23.3 Å².